The van der Waals surface area contributed by atoms with Crippen LogP contribution >= 0.6 is 11.3 Å². The molecule has 2 aliphatic carbocycles. The lowest BCUT2D eigenvalue weighted by atomic mass is 9.91. The predicted molar refractivity (Wildman–Crippen MR) is 123 cm³/mol. The van der Waals surface area contributed by atoms with E-state index in [1.807, 2.05) is 0 Å². The van der Waals surface area contributed by atoms with Gasteiger partial charge in [0.1, 0.15) is 9.81 Å². The van der Waals surface area contributed by atoms with E-state index in [1.165, 1.54) is 24.5 Å². The molecule has 1 saturated carbocycles. The third-order valence-corrected chi connectivity index (χ3v) is 9.84. The van der Waals surface area contributed by atoms with Gasteiger partial charge in [0.05, 0.1) is 12.2 Å². The van der Waals surface area contributed by atoms with E-state index < -0.39 is 21.5 Å². The number of nitrogens with two attached hydrogens (primary N) is 1. The second kappa shape index (κ2) is 7.92. The SMILES string of the molecule is C[C@@H](c1ccc2c(c1NC(=O)c1cc(C3(O)CCOC3)sc1S(N)(=O)=O)CCC2)C1CC1. The fourth-order valence-electron chi connectivity index (χ4n) is 4.96. The number of hydrogen-bond acceptors (Lipinski definition) is 6. The van der Waals surface area contributed by atoms with Crippen molar-refractivity contribution in [1.29, 1.82) is 0 Å². The number of sulfonamides is 1. The summed E-state index contributed by atoms with van der Waals surface area (Å²) >= 11 is 0.848. The fourth-order valence-corrected chi connectivity index (χ4v) is 7.15. The van der Waals surface area contributed by atoms with Gasteiger partial charge in [-0.3, -0.25) is 4.79 Å². The largest absolute Gasteiger partial charge is 0.382 e. The zero-order chi connectivity index (χ0) is 22.7. The molecule has 1 amide bonds. The highest BCUT2D eigenvalue weighted by Gasteiger charge is 2.39. The topological polar surface area (TPSA) is 119 Å². The summed E-state index contributed by atoms with van der Waals surface area (Å²) in [6, 6.07) is 5.74. The van der Waals surface area contributed by atoms with E-state index in [-0.39, 0.29) is 16.4 Å². The second-order valence-corrected chi connectivity index (χ2v) is 12.1. The predicted octanol–water partition coefficient (Wildman–Crippen LogP) is 3.26. The lowest BCUT2D eigenvalue weighted by Gasteiger charge is -2.20. The molecular weight excluding hydrogens is 448 g/mol. The maximum Gasteiger partial charge on any atom is 0.257 e. The van der Waals surface area contributed by atoms with Gasteiger partial charge in [-0.1, -0.05) is 19.1 Å². The molecule has 0 radical (unpaired) electrons. The number of benzene rings is 1. The lowest BCUT2D eigenvalue weighted by Crippen LogP contribution is -2.24. The van der Waals surface area contributed by atoms with Crippen molar-refractivity contribution in [3.8, 4) is 0 Å². The van der Waals surface area contributed by atoms with Crippen LogP contribution in [0, 0.1) is 5.92 Å². The smallest absolute Gasteiger partial charge is 0.257 e. The first-order valence-corrected chi connectivity index (χ1v) is 13.5. The highest BCUT2D eigenvalue weighted by Crippen LogP contribution is 2.46. The number of aliphatic hydroxyl groups is 1. The minimum absolute atomic E-state index is 0.0200. The summed E-state index contributed by atoms with van der Waals surface area (Å²) < 4.78 is 29.7. The Balaban J connectivity index is 1.55. The first-order chi connectivity index (χ1) is 15.2. The molecule has 0 bridgehead atoms. The van der Waals surface area contributed by atoms with Gasteiger partial charge in [-0.2, -0.15) is 0 Å². The summed E-state index contributed by atoms with van der Waals surface area (Å²) in [6.07, 6.45) is 5.63. The van der Waals surface area contributed by atoms with E-state index in [0.29, 0.717) is 29.7 Å². The molecule has 1 aliphatic heterocycles. The number of nitrogens with one attached hydrogen (secondary N) is 1. The summed E-state index contributed by atoms with van der Waals surface area (Å²) in [5.41, 5.74) is 2.99. The molecule has 2 aromatic rings. The van der Waals surface area contributed by atoms with Gasteiger partial charge in [0, 0.05) is 23.6 Å². The van der Waals surface area contributed by atoms with Gasteiger partial charge in [0.25, 0.3) is 5.91 Å². The van der Waals surface area contributed by atoms with Crippen LogP contribution < -0.4 is 10.5 Å². The fraction of sp³-hybridized carbons (Fsp3) is 0.522. The molecule has 5 rings (SSSR count). The Morgan fingerprint density at radius 1 is 1.34 bits per heavy atom. The number of anilines is 1. The summed E-state index contributed by atoms with van der Waals surface area (Å²) in [7, 11) is -4.14. The quantitative estimate of drug-likeness (QED) is 0.591. The van der Waals surface area contributed by atoms with Crippen LogP contribution in [0.2, 0.25) is 0 Å². The van der Waals surface area contributed by atoms with Gasteiger partial charge in [-0.15, -0.1) is 11.3 Å². The highest BCUT2D eigenvalue weighted by atomic mass is 32.2. The van der Waals surface area contributed by atoms with Crippen molar-refractivity contribution >= 4 is 33.0 Å². The summed E-state index contributed by atoms with van der Waals surface area (Å²) in [5, 5.41) is 19.4. The van der Waals surface area contributed by atoms with Gasteiger partial charge >= 0.3 is 0 Å². The molecule has 1 aromatic heterocycles. The van der Waals surface area contributed by atoms with Gasteiger partial charge < -0.3 is 15.2 Å². The average molecular weight is 477 g/mol. The third kappa shape index (κ3) is 3.90. The first kappa shape index (κ1) is 22.0. The van der Waals surface area contributed by atoms with Crippen LogP contribution in [0.4, 0.5) is 5.69 Å². The van der Waals surface area contributed by atoms with E-state index in [9.17, 15) is 18.3 Å². The Morgan fingerprint density at radius 2 is 2.12 bits per heavy atom. The van der Waals surface area contributed by atoms with Crippen LogP contribution in [-0.4, -0.2) is 32.6 Å². The van der Waals surface area contributed by atoms with Crippen LogP contribution in [0.15, 0.2) is 22.4 Å². The molecule has 32 heavy (non-hydrogen) atoms. The van der Waals surface area contributed by atoms with Crippen LogP contribution in [0.5, 0.6) is 0 Å². The van der Waals surface area contributed by atoms with E-state index >= 15 is 0 Å². The lowest BCUT2D eigenvalue weighted by molar-refractivity contribution is 0.0264. The monoisotopic (exact) mass is 476 g/mol. The Morgan fingerprint density at radius 3 is 2.78 bits per heavy atom. The molecule has 2 atom stereocenters. The molecule has 9 heteroatoms. The van der Waals surface area contributed by atoms with E-state index in [4.69, 9.17) is 9.88 Å². The number of fused-ring (bicyclic) bond motifs is 1. The zero-order valence-corrected chi connectivity index (χ0v) is 19.7. The molecule has 1 saturated heterocycles. The van der Waals surface area contributed by atoms with E-state index in [2.05, 4.69) is 24.4 Å². The van der Waals surface area contributed by atoms with Crippen molar-refractivity contribution in [3.63, 3.8) is 0 Å². The molecule has 1 unspecified atom stereocenters. The molecule has 1 aromatic carbocycles. The number of hydrogen-bond donors (Lipinski definition) is 3. The number of rotatable bonds is 6. The molecule has 3 aliphatic rings. The number of aryl methyl sites for hydroxylation is 1. The molecular formula is C23H28N2O5S2. The number of ether oxygens (including phenoxy) is 1. The number of carbonyl (C=O) groups is 1. The van der Waals surface area contributed by atoms with Gasteiger partial charge in [0.2, 0.25) is 10.0 Å². The third-order valence-electron chi connectivity index (χ3n) is 7.03. The van der Waals surface area contributed by atoms with Crippen molar-refractivity contribution in [2.45, 2.75) is 61.2 Å². The highest BCUT2D eigenvalue weighted by molar-refractivity contribution is 7.91. The van der Waals surface area contributed by atoms with Crippen molar-refractivity contribution in [2.75, 3.05) is 18.5 Å². The van der Waals surface area contributed by atoms with Crippen molar-refractivity contribution in [2.24, 2.45) is 11.1 Å². The number of primary sulfonamides is 1. The molecule has 172 valence electrons. The molecule has 2 fully saturated rings. The Bertz CT molecular complexity index is 1180. The molecule has 0 spiro atoms. The standard InChI is InChI=1S/C23H28N2O5S2/c1-13(14-5-6-14)16-8-7-15-3-2-4-17(15)20(16)25-21(26)18-11-19(23(27)9-10-30-12-23)31-22(18)32(24,28)29/h7-8,11,13-14,27H,2-6,9-10,12H2,1H3,(H,25,26)(H2,24,28,29)/t13-,23?/m1/s1. The number of thiophene rings is 1. The molecule has 2 heterocycles. The summed E-state index contributed by atoms with van der Waals surface area (Å²) in [5.74, 6) is 0.432. The van der Waals surface area contributed by atoms with Gasteiger partial charge in [0.15, 0.2) is 0 Å². The van der Waals surface area contributed by atoms with Crippen molar-refractivity contribution in [1.82, 2.24) is 0 Å². The average Bonchev–Trinajstić information content (AvgIpc) is 3.14. The van der Waals surface area contributed by atoms with Crippen LogP contribution in [0.25, 0.3) is 0 Å². The minimum atomic E-state index is -4.14. The normalized spacial score (nSPS) is 23.8. The van der Waals surface area contributed by atoms with Crippen LogP contribution in [-0.2, 0) is 33.2 Å². The Kier molecular flexibility index (Phi) is 5.45. The van der Waals surface area contributed by atoms with E-state index in [0.717, 1.165) is 47.4 Å². The molecule has 7 nitrogen and oxygen atoms in total. The maximum atomic E-state index is 13.4. The van der Waals surface area contributed by atoms with Gasteiger partial charge in [-0.05, 0) is 66.7 Å². The molecule has 4 N–H and O–H groups in total. The first-order valence-electron chi connectivity index (χ1n) is 11.1. The maximum absolute atomic E-state index is 13.4. The minimum Gasteiger partial charge on any atom is -0.382 e. The van der Waals surface area contributed by atoms with E-state index in [1.54, 1.807) is 0 Å². The van der Waals surface area contributed by atoms with Crippen molar-refractivity contribution < 1.29 is 23.1 Å². The van der Waals surface area contributed by atoms with Crippen LogP contribution in [0.3, 0.4) is 0 Å². The summed E-state index contributed by atoms with van der Waals surface area (Å²) in [4.78, 5) is 13.8. The number of amides is 1. The second-order valence-electron chi connectivity index (χ2n) is 9.29. The zero-order valence-electron chi connectivity index (χ0n) is 18.0. The number of carbonyl (C=O) groups excluding carboxylic acids is 1. The van der Waals surface area contributed by atoms with Crippen LogP contribution in [0.1, 0.15) is 70.5 Å². The summed E-state index contributed by atoms with van der Waals surface area (Å²) in [6.45, 7) is 2.63. The van der Waals surface area contributed by atoms with Gasteiger partial charge in [-0.25, -0.2) is 13.6 Å². The Hall–Kier alpha value is -1.78. The Labute approximate surface area is 192 Å². The van der Waals surface area contributed by atoms with Crippen molar-refractivity contribution in [3.05, 3.63) is 45.3 Å².